The highest BCUT2D eigenvalue weighted by atomic mass is 127. The summed E-state index contributed by atoms with van der Waals surface area (Å²) in [5.41, 5.74) is 1.01. The minimum absolute atomic E-state index is 0.541. The molecule has 0 unspecified atom stereocenters. The highest BCUT2D eigenvalue weighted by Crippen LogP contribution is 2.28. The van der Waals surface area contributed by atoms with E-state index in [9.17, 15) is 0 Å². The van der Waals surface area contributed by atoms with Crippen LogP contribution < -0.4 is 4.74 Å². The molecule has 1 fully saturated rings. The number of rotatable bonds is 4. The molecular formula is C15H17IN2O. The Labute approximate surface area is 127 Å². The fourth-order valence-corrected chi connectivity index (χ4v) is 3.06. The third kappa shape index (κ3) is 3.29. The molecular weight excluding hydrogens is 351 g/mol. The third-order valence-electron chi connectivity index (χ3n) is 3.55. The lowest BCUT2D eigenvalue weighted by Gasteiger charge is -2.09. The first-order chi connectivity index (χ1) is 9.31. The summed E-state index contributed by atoms with van der Waals surface area (Å²) in [5, 5.41) is 4.62. The molecule has 0 aliphatic heterocycles. The number of hydrogen-bond acceptors (Lipinski definition) is 2. The SMILES string of the molecule is Ic1cccc(OCc2ccn(C3CCCC3)n2)c1. The van der Waals surface area contributed by atoms with Crippen molar-refractivity contribution < 1.29 is 4.74 Å². The lowest BCUT2D eigenvalue weighted by atomic mass is 10.3. The maximum Gasteiger partial charge on any atom is 0.132 e. The van der Waals surface area contributed by atoms with Gasteiger partial charge in [0.05, 0.1) is 11.7 Å². The average molecular weight is 368 g/mol. The summed E-state index contributed by atoms with van der Waals surface area (Å²) in [6.07, 6.45) is 7.28. The number of halogens is 1. The molecule has 0 radical (unpaired) electrons. The lowest BCUT2D eigenvalue weighted by Crippen LogP contribution is -2.06. The second-order valence-corrected chi connectivity index (χ2v) is 6.22. The number of aromatic nitrogens is 2. The van der Waals surface area contributed by atoms with Crippen LogP contribution in [0, 0.1) is 3.57 Å². The molecule has 1 aromatic carbocycles. The average Bonchev–Trinajstić information content (AvgIpc) is 3.07. The molecule has 1 aromatic heterocycles. The van der Waals surface area contributed by atoms with Crippen molar-refractivity contribution in [1.82, 2.24) is 9.78 Å². The Balaban J connectivity index is 1.61. The van der Waals surface area contributed by atoms with Crippen molar-refractivity contribution in [2.24, 2.45) is 0 Å². The van der Waals surface area contributed by atoms with Gasteiger partial charge in [-0.1, -0.05) is 18.9 Å². The first kappa shape index (κ1) is 13.0. The van der Waals surface area contributed by atoms with Crippen LogP contribution in [-0.2, 0) is 6.61 Å². The van der Waals surface area contributed by atoms with E-state index in [1.54, 1.807) is 0 Å². The molecule has 1 heterocycles. The first-order valence-corrected chi connectivity index (χ1v) is 7.81. The molecule has 0 atom stereocenters. The summed E-state index contributed by atoms with van der Waals surface area (Å²) in [6.45, 7) is 0.541. The molecule has 0 N–H and O–H groups in total. The highest BCUT2D eigenvalue weighted by Gasteiger charge is 2.17. The number of hydrogen-bond donors (Lipinski definition) is 0. The largest absolute Gasteiger partial charge is 0.487 e. The highest BCUT2D eigenvalue weighted by molar-refractivity contribution is 14.1. The lowest BCUT2D eigenvalue weighted by molar-refractivity contribution is 0.297. The van der Waals surface area contributed by atoms with Gasteiger partial charge in [-0.05, 0) is 59.7 Å². The van der Waals surface area contributed by atoms with E-state index < -0.39 is 0 Å². The van der Waals surface area contributed by atoms with E-state index >= 15 is 0 Å². The van der Waals surface area contributed by atoms with Crippen LogP contribution >= 0.6 is 22.6 Å². The molecule has 4 heteroatoms. The summed E-state index contributed by atoms with van der Waals surface area (Å²) in [4.78, 5) is 0. The zero-order valence-electron chi connectivity index (χ0n) is 10.8. The maximum atomic E-state index is 5.77. The molecule has 0 amide bonds. The van der Waals surface area contributed by atoms with Gasteiger partial charge in [0.1, 0.15) is 12.4 Å². The molecule has 100 valence electrons. The second-order valence-electron chi connectivity index (χ2n) is 4.97. The maximum absolute atomic E-state index is 5.77. The predicted molar refractivity (Wildman–Crippen MR) is 83.2 cm³/mol. The van der Waals surface area contributed by atoms with E-state index in [1.165, 1.54) is 29.3 Å². The number of nitrogens with zero attached hydrogens (tertiary/aromatic N) is 2. The summed E-state index contributed by atoms with van der Waals surface area (Å²) in [7, 11) is 0. The van der Waals surface area contributed by atoms with E-state index in [0.717, 1.165) is 11.4 Å². The summed E-state index contributed by atoms with van der Waals surface area (Å²) < 4.78 is 9.07. The molecule has 3 nitrogen and oxygen atoms in total. The zero-order valence-corrected chi connectivity index (χ0v) is 12.9. The van der Waals surface area contributed by atoms with Gasteiger partial charge in [-0.25, -0.2) is 0 Å². The van der Waals surface area contributed by atoms with Gasteiger partial charge in [0.15, 0.2) is 0 Å². The van der Waals surface area contributed by atoms with Crippen molar-refractivity contribution in [3.63, 3.8) is 0 Å². The Hall–Kier alpha value is -1.04. The van der Waals surface area contributed by atoms with Gasteiger partial charge >= 0.3 is 0 Å². The van der Waals surface area contributed by atoms with E-state index in [2.05, 4.69) is 50.7 Å². The molecule has 1 aliphatic carbocycles. The molecule has 0 saturated heterocycles. The smallest absolute Gasteiger partial charge is 0.132 e. The van der Waals surface area contributed by atoms with Gasteiger partial charge in [-0.3, -0.25) is 4.68 Å². The second kappa shape index (κ2) is 5.94. The van der Waals surface area contributed by atoms with E-state index in [4.69, 9.17) is 4.74 Å². The van der Waals surface area contributed by atoms with Crippen LogP contribution in [-0.4, -0.2) is 9.78 Å². The van der Waals surface area contributed by atoms with Gasteiger partial charge in [0.25, 0.3) is 0 Å². The Kier molecular flexibility index (Phi) is 4.06. The molecule has 2 aromatic rings. The van der Waals surface area contributed by atoms with Crippen LogP contribution in [0.25, 0.3) is 0 Å². The summed E-state index contributed by atoms with van der Waals surface area (Å²) in [6, 6.07) is 10.7. The van der Waals surface area contributed by atoms with Crippen LogP contribution in [0.3, 0.4) is 0 Å². The molecule has 0 spiro atoms. The van der Waals surface area contributed by atoms with Crippen molar-refractivity contribution in [3.05, 3.63) is 45.8 Å². The number of benzene rings is 1. The van der Waals surface area contributed by atoms with Crippen molar-refractivity contribution in [3.8, 4) is 5.75 Å². The monoisotopic (exact) mass is 368 g/mol. The van der Waals surface area contributed by atoms with E-state index in [0.29, 0.717) is 12.6 Å². The van der Waals surface area contributed by atoms with Crippen molar-refractivity contribution in [2.75, 3.05) is 0 Å². The van der Waals surface area contributed by atoms with Crippen LogP contribution in [0.15, 0.2) is 36.5 Å². The van der Waals surface area contributed by atoms with Crippen LogP contribution in [0.1, 0.15) is 37.4 Å². The molecule has 3 rings (SSSR count). The van der Waals surface area contributed by atoms with Gasteiger partial charge in [0, 0.05) is 9.77 Å². The van der Waals surface area contributed by atoms with Gasteiger partial charge in [0.2, 0.25) is 0 Å². The Morgan fingerprint density at radius 3 is 2.89 bits per heavy atom. The van der Waals surface area contributed by atoms with Gasteiger partial charge in [-0.2, -0.15) is 5.10 Å². The Bertz CT molecular complexity index is 547. The van der Waals surface area contributed by atoms with Crippen LogP contribution in [0.5, 0.6) is 5.75 Å². The predicted octanol–water partition coefficient (Wildman–Crippen LogP) is 4.18. The Morgan fingerprint density at radius 2 is 2.11 bits per heavy atom. The van der Waals surface area contributed by atoms with Gasteiger partial charge < -0.3 is 4.74 Å². The molecule has 1 aliphatic rings. The van der Waals surface area contributed by atoms with Crippen molar-refractivity contribution >= 4 is 22.6 Å². The topological polar surface area (TPSA) is 27.1 Å². The summed E-state index contributed by atoms with van der Waals surface area (Å²) in [5.74, 6) is 0.905. The first-order valence-electron chi connectivity index (χ1n) is 6.74. The van der Waals surface area contributed by atoms with E-state index in [1.807, 2.05) is 18.2 Å². The molecule has 1 saturated carbocycles. The third-order valence-corrected chi connectivity index (χ3v) is 4.22. The number of ether oxygens (including phenoxy) is 1. The summed E-state index contributed by atoms with van der Waals surface area (Å²) >= 11 is 2.29. The minimum atomic E-state index is 0.541. The van der Waals surface area contributed by atoms with Gasteiger partial charge in [-0.15, -0.1) is 0 Å². The molecule has 0 bridgehead atoms. The van der Waals surface area contributed by atoms with Crippen LogP contribution in [0.4, 0.5) is 0 Å². The fraction of sp³-hybridized carbons (Fsp3) is 0.400. The normalized spacial score (nSPS) is 15.8. The van der Waals surface area contributed by atoms with Crippen molar-refractivity contribution in [2.45, 2.75) is 38.3 Å². The molecule has 19 heavy (non-hydrogen) atoms. The zero-order chi connectivity index (χ0) is 13.1. The van der Waals surface area contributed by atoms with Crippen molar-refractivity contribution in [1.29, 1.82) is 0 Å². The Morgan fingerprint density at radius 1 is 1.26 bits per heavy atom. The quantitative estimate of drug-likeness (QED) is 0.757. The van der Waals surface area contributed by atoms with E-state index in [-0.39, 0.29) is 0 Å². The standard InChI is InChI=1S/C15H17IN2O/c16-12-4-3-7-15(10-12)19-11-13-8-9-18(17-13)14-5-1-2-6-14/h3-4,7-10,14H,1-2,5-6,11H2. The van der Waals surface area contributed by atoms with Crippen LogP contribution in [0.2, 0.25) is 0 Å². The minimum Gasteiger partial charge on any atom is -0.487 e. The fourth-order valence-electron chi connectivity index (χ4n) is 2.54.